The van der Waals surface area contributed by atoms with E-state index in [4.69, 9.17) is 0 Å². The van der Waals surface area contributed by atoms with Gasteiger partial charge in [-0.15, -0.1) is 11.8 Å². The van der Waals surface area contributed by atoms with Crippen LogP contribution in [0.15, 0.2) is 29.2 Å². The van der Waals surface area contributed by atoms with Crippen LogP contribution >= 0.6 is 11.8 Å². The molecule has 1 aliphatic heterocycles. The number of benzene rings is 1. The zero-order chi connectivity index (χ0) is 16.2. The summed E-state index contributed by atoms with van der Waals surface area (Å²) in [6.45, 7) is 16.2. The third-order valence-electron chi connectivity index (χ3n) is 4.38. The summed E-state index contributed by atoms with van der Waals surface area (Å²) < 4.78 is 0.250. The molecular weight excluding hydrogens is 288 g/mol. The Hall–Kier alpha value is -0.510. The van der Waals surface area contributed by atoms with Crippen molar-refractivity contribution in [2.24, 2.45) is 5.92 Å². The van der Waals surface area contributed by atoms with E-state index in [2.05, 4.69) is 69.1 Å². The lowest BCUT2D eigenvalue weighted by atomic mass is 9.90. The molecule has 2 nitrogen and oxygen atoms in total. The van der Waals surface area contributed by atoms with Gasteiger partial charge in [0.2, 0.25) is 0 Å². The second kappa shape index (κ2) is 7.85. The van der Waals surface area contributed by atoms with E-state index in [-0.39, 0.29) is 4.75 Å². The summed E-state index contributed by atoms with van der Waals surface area (Å²) in [7, 11) is 0. The Morgan fingerprint density at radius 2 is 1.82 bits per heavy atom. The number of thioether (sulfide) groups is 1. The summed E-state index contributed by atoms with van der Waals surface area (Å²) in [5, 5.41) is 3.48. The lowest BCUT2D eigenvalue weighted by Crippen LogP contribution is -2.46. The molecule has 0 spiro atoms. The van der Waals surface area contributed by atoms with E-state index in [1.165, 1.54) is 16.9 Å². The molecule has 2 atom stereocenters. The van der Waals surface area contributed by atoms with Crippen LogP contribution in [0.2, 0.25) is 0 Å². The van der Waals surface area contributed by atoms with Crippen LogP contribution in [-0.2, 0) is 0 Å². The van der Waals surface area contributed by atoms with Crippen LogP contribution in [0.25, 0.3) is 0 Å². The first-order valence-corrected chi connectivity index (χ1v) is 9.46. The van der Waals surface area contributed by atoms with Crippen LogP contribution in [0.1, 0.15) is 52.6 Å². The van der Waals surface area contributed by atoms with Gasteiger partial charge in [-0.1, -0.05) is 59.2 Å². The van der Waals surface area contributed by atoms with Crippen molar-refractivity contribution in [2.75, 3.05) is 26.2 Å². The van der Waals surface area contributed by atoms with Gasteiger partial charge in [0, 0.05) is 41.9 Å². The molecule has 1 unspecified atom stereocenters. The van der Waals surface area contributed by atoms with E-state index >= 15 is 0 Å². The minimum atomic E-state index is 0.250. The maximum Gasteiger partial charge on any atom is 0.0385 e. The van der Waals surface area contributed by atoms with E-state index in [0.717, 1.165) is 26.2 Å². The van der Waals surface area contributed by atoms with E-state index in [1.54, 1.807) is 0 Å². The summed E-state index contributed by atoms with van der Waals surface area (Å²) >= 11 is 2.01. The van der Waals surface area contributed by atoms with E-state index in [9.17, 15) is 0 Å². The van der Waals surface area contributed by atoms with Crippen molar-refractivity contribution in [3.05, 3.63) is 29.8 Å². The molecule has 0 saturated carbocycles. The highest BCUT2D eigenvalue weighted by molar-refractivity contribution is 8.00. The number of hydrogen-bond donors (Lipinski definition) is 1. The molecule has 1 heterocycles. The molecule has 1 aliphatic rings. The zero-order valence-electron chi connectivity index (χ0n) is 14.9. The summed E-state index contributed by atoms with van der Waals surface area (Å²) in [5.41, 5.74) is 1.53. The minimum absolute atomic E-state index is 0.250. The van der Waals surface area contributed by atoms with Crippen molar-refractivity contribution in [1.82, 2.24) is 10.2 Å². The van der Waals surface area contributed by atoms with Gasteiger partial charge in [-0.25, -0.2) is 0 Å². The lowest BCUT2D eigenvalue weighted by Gasteiger charge is -2.39. The fraction of sp³-hybridized carbons (Fsp3) is 0.684. The molecule has 0 radical (unpaired) electrons. The third kappa shape index (κ3) is 4.74. The Kier molecular flexibility index (Phi) is 6.36. The molecule has 1 fully saturated rings. The summed E-state index contributed by atoms with van der Waals surface area (Å²) in [6.07, 6.45) is 1.23. The van der Waals surface area contributed by atoms with E-state index < -0.39 is 0 Å². The topological polar surface area (TPSA) is 15.3 Å². The predicted molar refractivity (Wildman–Crippen MR) is 98.7 cm³/mol. The molecule has 0 bridgehead atoms. The van der Waals surface area contributed by atoms with Crippen LogP contribution < -0.4 is 5.32 Å². The molecule has 22 heavy (non-hydrogen) atoms. The highest BCUT2D eigenvalue weighted by Crippen LogP contribution is 2.40. The third-order valence-corrected chi connectivity index (χ3v) is 5.59. The van der Waals surface area contributed by atoms with Gasteiger partial charge in [-0.2, -0.15) is 0 Å². The quantitative estimate of drug-likeness (QED) is 0.800. The first-order valence-electron chi connectivity index (χ1n) is 8.65. The molecule has 0 aromatic heterocycles. The SMILES string of the molecule is CCC(C)[C@H](c1ccccc1SC(C)(C)C)N1CCNCC1. The maximum atomic E-state index is 3.48. The number of piperazine rings is 1. The number of nitrogens with zero attached hydrogens (tertiary/aromatic N) is 1. The molecule has 0 aliphatic carbocycles. The average molecular weight is 321 g/mol. The van der Waals surface area contributed by atoms with Crippen molar-refractivity contribution in [2.45, 2.75) is 56.7 Å². The van der Waals surface area contributed by atoms with Gasteiger partial charge in [0.25, 0.3) is 0 Å². The van der Waals surface area contributed by atoms with Crippen LogP contribution in [0.4, 0.5) is 0 Å². The fourth-order valence-electron chi connectivity index (χ4n) is 3.19. The van der Waals surface area contributed by atoms with Gasteiger partial charge in [-0.3, -0.25) is 4.90 Å². The van der Waals surface area contributed by atoms with Gasteiger partial charge < -0.3 is 5.32 Å². The van der Waals surface area contributed by atoms with Crippen molar-refractivity contribution in [3.8, 4) is 0 Å². The van der Waals surface area contributed by atoms with Crippen LogP contribution in [-0.4, -0.2) is 35.8 Å². The molecule has 3 heteroatoms. The number of nitrogens with one attached hydrogen (secondary N) is 1. The summed E-state index contributed by atoms with van der Waals surface area (Å²) in [6, 6.07) is 9.59. The fourth-order valence-corrected chi connectivity index (χ4v) is 4.31. The lowest BCUT2D eigenvalue weighted by molar-refractivity contribution is 0.126. The Bertz CT molecular complexity index is 461. The van der Waals surface area contributed by atoms with Crippen molar-refractivity contribution < 1.29 is 0 Å². The van der Waals surface area contributed by atoms with Crippen LogP contribution in [0.5, 0.6) is 0 Å². The molecule has 2 rings (SSSR count). The highest BCUT2D eigenvalue weighted by Gasteiger charge is 2.29. The van der Waals surface area contributed by atoms with Crippen LogP contribution in [0, 0.1) is 5.92 Å². The van der Waals surface area contributed by atoms with Gasteiger partial charge in [-0.05, 0) is 17.5 Å². The van der Waals surface area contributed by atoms with Gasteiger partial charge in [0.15, 0.2) is 0 Å². The van der Waals surface area contributed by atoms with Crippen molar-refractivity contribution in [1.29, 1.82) is 0 Å². The average Bonchev–Trinajstić information content (AvgIpc) is 2.48. The Labute approximate surface area is 141 Å². The van der Waals surface area contributed by atoms with Crippen molar-refractivity contribution >= 4 is 11.8 Å². The highest BCUT2D eigenvalue weighted by atomic mass is 32.2. The first kappa shape index (κ1) is 17.8. The smallest absolute Gasteiger partial charge is 0.0385 e. The van der Waals surface area contributed by atoms with E-state index in [0.29, 0.717) is 12.0 Å². The summed E-state index contributed by atoms with van der Waals surface area (Å²) in [4.78, 5) is 4.14. The number of hydrogen-bond acceptors (Lipinski definition) is 3. The molecule has 1 N–H and O–H groups in total. The zero-order valence-corrected chi connectivity index (χ0v) is 15.7. The summed E-state index contributed by atoms with van der Waals surface area (Å²) in [5.74, 6) is 0.680. The van der Waals surface area contributed by atoms with Crippen LogP contribution in [0.3, 0.4) is 0 Å². The van der Waals surface area contributed by atoms with Gasteiger partial charge >= 0.3 is 0 Å². The molecule has 1 aromatic rings. The maximum absolute atomic E-state index is 3.48. The molecule has 1 aromatic carbocycles. The molecule has 124 valence electrons. The van der Waals surface area contributed by atoms with Gasteiger partial charge in [0.1, 0.15) is 0 Å². The number of rotatable bonds is 5. The molecule has 0 amide bonds. The second-order valence-corrected chi connectivity index (χ2v) is 9.24. The molecular formula is C19H32N2S. The van der Waals surface area contributed by atoms with Gasteiger partial charge in [0.05, 0.1) is 0 Å². The molecule has 1 saturated heterocycles. The Morgan fingerprint density at radius 3 is 2.41 bits per heavy atom. The predicted octanol–water partition coefficient (Wildman–Crippen LogP) is 4.57. The minimum Gasteiger partial charge on any atom is -0.314 e. The van der Waals surface area contributed by atoms with Crippen molar-refractivity contribution in [3.63, 3.8) is 0 Å². The first-order chi connectivity index (χ1) is 10.4. The largest absolute Gasteiger partial charge is 0.314 e. The second-order valence-electron chi connectivity index (χ2n) is 7.37. The Morgan fingerprint density at radius 1 is 1.18 bits per heavy atom. The Balaban J connectivity index is 2.34. The normalized spacial score (nSPS) is 19.9. The van der Waals surface area contributed by atoms with E-state index in [1.807, 2.05) is 11.8 Å². The standard InChI is InChI=1S/C19H32N2S/c1-6-15(2)18(21-13-11-20-12-14-21)16-9-7-8-10-17(16)22-19(3,4)5/h7-10,15,18,20H,6,11-14H2,1-5H3/t15?,18-/m1/s1. The monoisotopic (exact) mass is 320 g/mol.